The first-order valence-electron chi connectivity index (χ1n) is 4.78. The van der Waals surface area contributed by atoms with Gasteiger partial charge in [-0.1, -0.05) is 18.2 Å². The third kappa shape index (κ3) is 3.47. The molecule has 0 fully saturated rings. The van der Waals surface area contributed by atoms with E-state index in [1.807, 2.05) is 7.05 Å². The first kappa shape index (κ1) is 10.1. The Morgan fingerprint density at radius 2 is 1.92 bits per heavy atom. The van der Waals surface area contributed by atoms with Gasteiger partial charge in [-0.3, -0.25) is 0 Å². The molecule has 0 saturated heterocycles. The lowest BCUT2D eigenvalue weighted by molar-refractivity contribution is 0.748. The van der Waals surface area contributed by atoms with Crippen LogP contribution in [-0.4, -0.2) is 20.1 Å². The van der Waals surface area contributed by atoms with Crippen LogP contribution in [-0.2, 0) is 0 Å². The largest absolute Gasteiger partial charge is 0.385 e. The zero-order valence-electron chi connectivity index (χ0n) is 8.43. The molecule has 0 aliphatic rings. The maximum Gasteiger partial charge on any atom is 0.0369 e. The van der Waals surface area contributed by atoms with E-state index in [0.717, 1.165) is 19.5 Å². The van der Waals surface area contributed by atoms with Crippen LogP contribution in [0.5, 0.6) is 0 Å². The fourth-order valence-electron chi connectivity index (χ4n) is 1.26. The molecule has 13 heavy (non-hydrogen) atoms. The molecular weight excluding hydrogens is 160 g/mol. The Kier molecular flexibility index (Phi) is 4.33. The zero-order chi connectivity index (χ0) is 9.52. The fourth-order valence-corrected chi connectivity index (χ4v) is 1.26. The van der Waals surface area contributed by atoms with E-state index >= 15 is 0 Å². The second-order valence-electron chi connectivity index (χ2n) is 3.20. The predicted octanol–water partition coefficient (Wildman–Crippen LogP) is 2.02. The quantitative estimate of drug-likeness (QED) is 0.674. The summed E-state index contributed by atoms with van der Waals surface area (Å²) in [6.07, 6.45) is 1.16. The lowest BCUT2D eigenvalue weighted by Gasteiger charge is -2.08. The number of aryl methyl sites for hydroxylation is 1. The third-order valence-corrected chi connectivity index (χ3v) is 2.06. The zero-order valence-corrected chi connectivity index (χ0v) is 8.43. The molecule has 0 radical (unpaired) electrons. The first-order chi connectivity index (χ1) is 6.34. The molecule has 2 heteroatoms. The SMILES string of the molecule is CNCCCNc1ccccc1C. The molecule has 0 bridgehead atoms. The summed E-state index contributed by atoms with van der Waals surface area (Å²) in [6.45, 7) is 4.23. The summed E-state index contributed by atoms with van der Waals surface area (Å²) in [5.74, 6) is 0. The number of hydrogen-bond donors (Lipinski definition) is 2. The summed E-state index contributed by atoms with van der Waals surface area (Å²) in [5.41, 5.74) is 2.56. The van der Waals surface area contributed by atoms with Crippen LogP contribution in [0.4, 0.5) is 5.69 Å². The van der Waals surface area contributed by atoms with Crippen molar-refractivity contribution in [1.29, 1.82) is 0 Å². The molecule has 72 valence electrons. The van der Waals surface area contributed by atoms with Crippen LogP contribution in [0.1, 0.15) is 12.0 Å². The monoisotopic (exact) mass is 178 g/mol. The standard InChI is InChI=1S/C11H18N2/c1-10-6-3-4-7-11(10)13-9-5-8-12-2/h3-4,6-7,12-13H,5,8-9H2,1-2H3. The van der Waals surface area contributed by atoms with Gasteiger partial charge < -0.3 is 10.6 Å². The number of hydrogen-bond acceptors (Lipinski definition) is 2. The summed E-state index contributed by atoms with van der Waals surface area (Å²) < 4.78 is 0. The summed E-state index contributed by atoms with van der Waals surface area (Å²) in [6, 6.07) is 8.37. The first-order valence-corrected chi connectivity index (χ1v) is 4.78. The van der Waals surface area contributed by atoms with Crippen molar-refractivity contribution in [3.05, 3.63) is 29.8 Å². The minimum atomic E-state index is 1.03. The molecule has 0 atom stereocenters. The minimum absolute atomic E-state index is 1.03. The second kappa shape index (κ2) is 5.60. The summed E-state index contributed by atoms with van der Waals surface area (Å²) in [5, 5.41) is 6.54. The van der Waals surface area contributed by atoms with Gasteiger partial charge >= 0.3 is 0 Å². The van der Waals surface area contributed by atoms with Crippen molar-refractivity contribution in [2.75, 3.05) is 25.5 Å². The number of nitrogens with one attached hydrogen (secondary N) is 2. The molecule has 0 aromatic heterocycles. The van der Waals surface area contributed by atoms with Crippen molar-refractivity contribution < 1.29 is 0 Å². The van der Waals surface area contributed by atoms with Gasteiger partial charge in [0.2, 0.25) is 0 Å². The van der Waals surface area contributed by atoms with Crippen LogP contribution in [0.2, 0.25) is 0 Å². The smallest absolute Gasteiger partial charge is 0.0369 e. The number of rotatable bonds is 5. The van der Waals surface area contributed by atoms with Gasteiger partial charge in [0.1, 0.15) is 0 Å². The highest BCUT2D eigenvalue weighted by atomic mass is 14.9. The van der Waals surface area contributed by atoms with Gasteiger partial charge in [0.15, 0.2) is 0 Å². The van der Waals surface area contributed by atoms with Crippen molar-refractivity contribution in [1.82, 2.24) is 5.32 Å². The van der Waals surface area contributed by atoms with Gasteiger partial charge in [0.05, 0.1) is 0 Å². The third-order valence-electron chi connectivity index (χ3n) is 2.06. The lowest BCUT2D eigenvalue weighted by atomic mass is 10.2. The molecule has 2 nitrogen and oxygen atoms in total. The topological polar surface area (TPSA) is 24.1 Å². The van der Waals surface area contributed by atoms with E-state index in [0.29, 0.717) is 0 Å². The van der Waals surface area contributed by atoms with Crippen molar-refractivity contribution in [3.8, 4) is 0 Å². The van der Waals surface area contributed by atoms with Gasteiger partial charge in [-0.2, -0.15) is 0 Å². The Hall–Kier alpha value is -1.02. The van der Waals surface area contributed by atoms with E-state index in [1.165, 1.54) is 11.3 Å². The average Bonchev–Trinajstić information content (AvgIpc) is 2.15. The highest BCUT2D eigenvalue weighted by Gasteiger charge is 1.93. The van der Waals surface area contributed by atoms with Gasteiger partial charge in [0.25, 0.3) is 0 Å². The number of anilines is 1. The van der Waals surface area contributed by atoms with Crippen molar-refractivity contribution in [3.63, 3.8) is 0 Å². The average molecular weight is 178 g/mol. The molecule has 1 rings (SSSR count). The Bertz CT molecular complexity index is 246. The van der Waals surface area contributed by atoms with Crippen molar-refractivity contribution in [2.45, 2.75) is 13.3 Å². The van der Waals surface area contributed by atoms with Gasteiger partial charge in [-0.15, -0.1) is 0 Å². The van der Waals surface area contributed by atoms with E-state index in [9.17, 15) is 0 Å². The molecule has 0 unspecified atom stereocenters. The molecule has 1 aromatic carbocycles. The van der Waals surface area contributed by atoms with Crippen LogP contribution < -0.4 is 10.6 Å². The Morgan fingerprint density at radius 1 is 1.15 bits per heavy atom. The van der Waals surface area contributed by atoms with Crippen LogP contribution >= 0.6 is 0 Å². The molecule has 0 heterocycles. The summed E-state index contributed by atoms with van der Waals surface area (Å²) >= 11 is 0. The molecule has 2 N–H and O–H groups in total. The van der Waals surface area contributed by atoms with E-state index in [2.05, 4.69) is 41.8 Å². The second-order valence-corrected chi connectivity index (χ2v) is 3.20. The number of benzene rings is 1. The minimum Gasteiger partial charge on any atom is -0.385 e. The maximum absolute atomic E-state index is 3.41. The number of para-hydroxylation sites is 1. The van der Waals surface area contributed by atoms with Crippen molar-refractivity contribution in [2.24, 2.45) is 0 Å². The Labute approximate surface area is 80.4 Å². The van der Waals surface area contributed by atoms with Crippen LogP contribution in [0.15, 0.2) is 24.3 Å². The molecule has 0 aliphatic heterocycles. The van der Waals surface area contributed by atoms with Gasteiger partial charge in [-0.05, 0) is 38.6 Å². The van der Waals surface area contributed by atoms with Crippen LogP contribution in [0.3, 0.4) is 0 Å². The summed E-state index contributed by atoms with van der Waals surface area (Å²) in [4.78, 5) is 0. The van der Waals surface area contributed by atoms with E-state index < -0.39 is 0 Å². The molecule has 1 aromatic rings. The van der Waals surface area contributed by atoms with E-state index in [-0.39, 0.29) is 0 Å². The fraction of sp³-hybridized carbons (Fsp3) is 0.455. The molecule has 0 amide bonds. The maximum atomic E-state index is 3.41. The lowest BCUT2D eigenvalue weighted by Crippen LogP contribution is -2.13. The molecule has 0 spiro atoms. The predicted molar refractivity (Wildman–Crippen MR) is 58.2 cm³/mol. The molecule has 0 saturated carbocycles. The van der Waals surface area contributed by atoms with E-state index in [1.54, 1.807) is 0 Å². The summed E-state index contributed by atoms with van der Waals surface area (Å²) in [7, 11) is 1.98. The molecule has 0 aliphatic carbocycles. The van der Waals surface area contributed by atoms with Gasteiger partial charge in [-0.25, -0.2) is 0 Å². The highest BCUT2D eigenvalue weighted by Crippen LogP contribution is 2.12. The van der Waals surface area contributed by atoms with Crippen LogP contribution in [0.25, 0.3) is 0 Å². The molecular formula is C11H18N2. The Morgan fingerprint density at radius 3 is 2.62 bits per heavy atom. The van der Waals surface area contributed by atoms with Gasteiger partial charge in [0, 0.05) is 12.2 Å². The van der Waals surface area contributed by atoms with Crippen LogP contribution in [0, 0.1) is 6.92 Å². The Balaban J connectivity index is 2.32. The normalized spacial score (nSPS) is 10.0. The van der Waals surface area contributed by atoms with Crippen molar-refractivity contribution >= 4 is 5.69 Å². The highest BCUT2D eigenvalue weighted by molar-refractivity contribution is 5.49. The van der Waals surface area contributed by atoms with E-state index in [4.69, 9.17) is 0 Å².